The van der Waals surface area contributed by atoms with Crippen molar-refractivity contribution in [3.05, 3.63) is 22.1 Å². The van der Waals surface area contributed by atoms with Crippen molar-refractivity contribution in [1.29, 1.82) is 0 Å². The molecule has 1 heterocycles. The molecule has 0 spiro atoms. The van der Waals surface area contributed by atoms with Gasteiger partial charge in [0.1, 0.15) is 0 Å². The predicted molar refractivity (Wildman–Crippen MR) is 38.2 cm³/mol. The highest BCUT2D eigenvalue weighted by Crippen LogP contribution is 2.01. The first-order chi connectivity index (χ1) is 5.63. The number of methoxy groups -OCH3 is 2. The molecule has 0 aromatic carbocycles. The topological polar surface area (TPSA) is 98.1 Å². The van der Waals surface area contributed by atoms with Crippen molar-refractivity contribution >= 4 is 6.02 Å². The zero-order valence-electron chi connectivity index (χ0n) is 6.66. The Morgan fingerprint density at radius 3 is 2.25 bits per heavy atom. The number of quaternary nitrogens is 1. The predicted octanol–water partition coefficient (Wildman–Crippen LogP) is -2.37. The lowest BCUT2D eigenvalue weighted by Gasteiger charge is -2.09. The summed E-state index contributed by atoms with van der Waals surface area (Å²) in [4.78, 5) is 0. The Balaban J connectivity index is 3.05. The molecule has 0 amide bonds. The van der Waals surface area contributed by atoms with E-state index in [1.54, 1.807) is 0 Å². The summed E-state index contributed by atoms with van der Waals surface area (Å²) in [5.41, 5.74) is 5.25. The highest BCUT2D eigenvalue weighted by atomic mass is 16.6. The Labute approximate surface area is 68.4 Å². The van der Waals surface area contributed by atoms with E-state index in [-0.39, 0.29) is 22.5 Å². The molecule has 0 bridgehead atoms. The summed E-state index contributed by atoms with van der Waals surface area (Å²) in [6, 6.07) is -0.371. The van der Waals surface area contributed by atoms with Crippen molar-refractivity contribution in [3.63, 3.8) is 0 Å². The van der Waals surface area contributed by atoms with E-state index in [2.05, 4.69) is 9.47 Å². The van der Waals surface area contributed by atoms with E-state index in [1.165, 1.54) is 14.2 Å². The van der Waals surface area contributed by atoms with Crippen LogP contribution in [0.25, 0.3) is 0 Å². The number of hydrogen-bond donors (Lipinski definition) is 2. The van der Waals surface area contributed by atoms with Gasteiger partial charge in [0.2, 0.25) is 0 Å². The Morgan fingerprint density at radius 2 is 2.00 bits per heavy atom. The van der Waals surface area contributed by atoms with E-state index in [0.29, 0.717) is 0 Å². The molecular weight excluding hydrogens is 166 g/mol. The van der Waals surface area contributed by atoms with Crippen LogP contribution in [0.15, 0.2) is 11.7 Å². The van der Waals surface area contributed by atoms with Gasteiger partial charge in [-0.2, -0.15) is 5.06 Å². The lowest BCUT2D eigenvalue weighted by Crippen LogP contribution is -3.09. The molecule has 0 aromatic rings. The minimum absolute atomic E-state index is 0.220. The van der Waals surface area contributed by atoms with Crippen molar-refractivity contribution in [2.75, 3.05) is 14.2 Å². The van der Waals surface area contributed by atoms with Crippen LogP contribution in [0, 0.1) is 10.4 Å². The van der Waals surface area contributed by atoms with Gasteiger partial charge in [-0.05, 0) is 4.74 Å². The van der Waals surface area contributed by atoms with Gasteiger partial charge in [-0.1, -0.05) is 0 Å². The van der Waals surface area contributed by atoms with Crippen LogP contribution < -0.4 is 10.8 Å². The lowest BCUT2D eigenvalue weighted by molar-refractivity contribution is -0.727. The maximum atomic E-state index is 11.1. The van der Waals surface area contributed by atoms with E-state index in [0.717, 1.165) is 0 Å². The van der Waals surface area contributed by atoms with Gasteiger partial charge in [0.05, 0.1) is 14.2 Å². The molecule has 12 heavy (non-hydrogen) atoms. The van der Waals surface area contributed by atoms with E-state index in [4.69, 9.17) is 5.73 Å². The molecule has 0 saturated heterocycles. The van der Waals surface area contributed by atoms with Crippen molar-refractivity contribution in [2.45, 2.75) is 0 Å². The standard InChI is InChI=1S/C5H9N3O4/c1-11-4-3(6)7(9)5(12-2)8(4)10/h7H,6H2,1-2H3. The van der Waals surface area contributed by atoms with Gasteiger partial charge in [0, 0.05) is 0 Å². The van der Waals surface area contributed by atoms with Crippen LogP contribution in [-0.2, 0) is 9.47 Å². The van der Waals surface area contributed by atoms with Crippen LogP contribution in [0.1, 0.15) is 0 Å². The van der Waals surface area contributed by atoms with Crippen LogP contribution in [-0.4, -0.2) is 25.0 Å². The molecule has 1 atom stereocenters. The summed E-state index contributed by atoms with van der Waals surface area (Å²) >= 11 is 0. The zero-order valence-corrected chi connectivity index (χ0v) is 6.66. The molecule has 0 saturated carbocycles. The average molecular weight is 175 g/mol. The fourth-order valence-corrected chi connectivity index (χ4v) is 0.875. The van der Waals surface area contributed by atoms with E-state index in [1.807, 2.05) is 0 Å². The Bertz CT molecular complexity index is 259. The number of hydrogen-bond acceptors (Lipinski definition) is 5. The second kappa shape index (κ2) is 2.88. The Kier molecular flexibility index (Phi) is 2.07. The fraction of sp³-hybridized carbons (Fsp3) is 0.400. The molecule has 68 valence electrons. The number of nitrogens with one attached hydrogen (secondary N) is 1. The molecule has 1 rings (SSSR count). The first kappa shape index (κ1) is 8.62. The van der Waals surface area contributed by atoms with Gasteiger partial charge in [-0.15, -0.1) is 0 Å². The molecule has 1 aliphatic rings. The summed E-state index contributed by atoms with van der Waals surface area (Å²) in [7, 11) is 2.46. The number of rotatable bonds is 1. The van der Waals surface area contributed by atoms with Crippen molar-refractivity contribution < 1.29 is 19.3 Å². The average Bonchev–Trinajstić information content (AvgIpc) is 2.25. The Hall–Kier alpha value is -1.47. The van der Waals surface area contributed by atoms with Gasteiger partial charge in [-0.3, -0.25) is 0 Å². The van der Waals surface area contributed by atoms with E-state index >= 15 is 0 Å². The van der Waals surface area contributed by atoms with Crippen LogP contribution in [0.2, 0.25) is 0 Å². The second-order valence-corrected chi connectivity index (χ2v) is 2.06. The first-order valence-corrected chi connectivity index (χ1v) is 3.10. The molecule has 1 unspecified atom stereocenters. The minimum Gasteiger partial charge on any atom is -0.615 e. The summed E-state index contributed by atoms with van der Waals surface area (Å²) < 4.78 is 9.32. The van der Waals surface area contributed by atoms with Gasteiger partial charge >= 0.3 is 17.7 Å². The van der Waals surface area contributed by atoms with Crippen molar-refractivity contribution in [3.8, 4) is 0 Å². The number of hydroxylamine groups is 3. The molecule has 0 aliphatic carbocycles. The molecule has 3 N–H and O–H groups in total. The summed E-state index contributed by atoms with van der Waals surface area (Å²) in [6.45, 7) is 0. The van der Waals surface area contributed by atoms with Gasteiger partial charge in [0.25, 0.3) is 0 Å². The largest absolute Gasteiger partial charge is 0.615 e. The third-order valence-corrected chi connectivity index (χ3v) is 1.42. The molecule has 0 fully saturated rings. The quantitative estimate of drug-likeness (QED) is 0.343. The second-order valence-electron chi connectivity index (χ2n) is 2.06. The van der Waals surface area contributed by atoms with Crippen LogP contribution in [0.4, 0.5) is 0 Å². The smallest absolute Gasteiger partial charge is 0.571 e. The SMILES string of the molecule is COC1=C(N)[NH+]([O-])C(OC)=[N+]1[O-]. The molecular formula is C5H9N3O4. The number of ether oxygens (including phenoxy) is 2. The first-order valence-electron chi connectivity index (χ1n) is 3.10. The van der Waals surface area contributed by atoms with Crippen LogP contribution in [0.5, 0.6) is 0 Å². The van der Waals surface area contributed by atoms with Gasteiger partial charge in [0.15, 0.2) is 0 Å². The summed E-state index contributed by atoms with van der Waals surface area (Å²) in [5, 5.41) is 21.5. The highest BCUT2D eigenvalue weighted by molar-refractivity contribution is 5.61. The summed E-state index contributed by atoms with van der Waals surface area (Å²) in [6.07, 6.45) is 0. The normalized spacial score (nSPS) is 23.4. The monoisotopic (exact) mass is 175 g/mol. The third-order valence-electron chi connectivity index (χ3n) is 1.42. The van der Waals surface area contributed by atoms with Crippen LogP contribution >= 0.6 is 0 Å². The minimum atomic E-state index is -0.649. The summed E-state index contributed by atoms with van der Waals surface area (Å²) in [5.74, 6) is -0.457. The van der Waals surface area contributed by atoms with Crippen molar-refractivity contribution in [2.24, 2.45) is 5.73 Å². The maximum absolute atomic E-state index is 11.1. The van der Waals surface area contributed by atoms with Crippen LogP contribution in [0.3, 0.4) is 0 Å². The number of nitrogens with two attached hydrogens (primary N) is 1. The molecule has 7 nitrogen and oxygen atoms in total. The third kappa shape index (κ3) is 0.953. The Morgan fingerprint density at radius 1 is 1.42 bits per heavy atom. The molecule has 0 aromatic heterocycles. The van der Waals surface area contributed by atoms with Gasteiger partial charge < -0.3 is 25.6 Å². The lowest BCUT2D eigenvalue weighted by atomic mass is 10.7. The molecule has 0 radical (unpaired) electrons. The van der Waals surface area contributed by atoms with Crippen molar-refractivity contribution in [1.82, 2.24) is 0 Å². The molecule has 1 aliphatic heterocycles. The fourth-order valence-electron chi connectivity index (χ4n) is 0.875. The zero-order chi connectivity index (χ0) is 9.30. The molecule has 7 heteroatoms. The van der Waals surface area contributed by atoms with E-state index < -0.39 is 5.06 Å². The number of nitrogens with zero attached hydrogens (tertiary/aromatic N) is 1. The van der Waals surface area contributed by atoms with E-state index in [9.17, 15) is 10.4 Å². The maximum Gasteiger partial charge on any atom is 0.571 e. The van der Waals surface area contributed by atoms with Gasteiger partial charge in [-0.25, -0.2) is 0 Å². The number of amidine groups is 1. The highest BCUT2D eigenvalue weighted by Gasteiger charge is 2.40.